The standard InChI is InChI=1S/C22H32F2N6O/c1-28-21-17(7-8-19(26-21)30-11-5-3-2-4-6-12-30)20(27-28)22(31)25-16-9-13-29(14-10-16)15-18(23)24/h7-8,16,18H,2-6,9-15H2,1H3,(H,25,31). The maximum Gasteiger partial charge on any atom is 0.272 e. The Morgan fingerprint density at radius 2 is 1.77 bits per heavy atom. The number of aryl methyl sites for hydroxylation is 1. The van der Waals surface area contributed by atoms with Gasteiger partial charge < -0.3 is 10.2 Å². The quantitative estimate of drug-likeness (QED) is 0.783. The molecule has 2 saturated heterocycles. The Labute approximate surface area is 181 Å². The summed E-state index contributed by atoms with van der Waals surface area (Å²) in [5.41, 5.74) is 1.08. The zero-order valence-corrected chi connectivity index (χ0v) is 18.2. The lowest BCUT2D eigenvalue weighted by Crippen LogP contribution is -2.45. The van der Waals surface area contributed by atoms with E-state index < -0.39 is 6.43 Å². The monoisotopic (exact) mass is 434 g/mol. The molecular weight excluding hydrogens is 402 g/mol. The van der Waals surface area contributed by atoms with Gasteiger partial charge in [0.25, 0.3) is 12.3 Å². The molecule has 1 N–H and O–H groups in total. The van der Waals surface area contributed by atoms with Gasteiger partial charge >= 0.3 is 0 Å². The predicted octanol–water partition coefficient (Wildman–Crippen LogP) is 3.20. The van der Waals surface area contributed by atoms with Crippen LogP contribution in [0.5, 0.6) is 0 Å². The largest absolute Gasteiger partial charge is 0.357 e. The minimum Gasteiger partial charge on any atom is -0.357 e. The van der Waals surface area contributed by atoms with E-state index in [0.29, 0.717) is 37.3 Å². The molecule has 2 aromatic rings. The fourth-order valence-electron chi connectivity index (χ4n) is 4.65. The minimum atomic E-state index is -2.32. The van der Waals surface area contributed by atoms with Crippen LogP contribution in [0, 0.1) is 0 Å². The molecule has 0 unspecified atom stereocenters. The highest BCUT2D eigenvalue weighted by atomic mass is 19.3. The summed E-state index contributed by atoms with van der Waals surface area (Å²) < 4.78 is 26.8. The van der Waals surface area contributed by atoms with Crippen LogP contribution in [-0.4, -0.2) is 70.8 Å². The van der Waals surface area contributed by atoms with E-state index in [9.17, 15) is 13.6 Å². The van der Waals surface area contributed by atoms with E-state index in [2.05, 4.69) is 15.3 Å². The number of amides is 1. The topological polar surface area (TPSA) is 66.3 Å². The number of carbonyl (C=O) groups excluding carboxylic acids is 1. The number of halogens is 2. The molecule has 0 bridgehead atoms. The molecule has 0 spiro atoms. The summed E-state index contributed by atoms with van der Waals surface area (Å²) in [6.45, 7) is 2.95. The Bertz CT molecular complexity index is 885. The second kappa shape index (κ2) is 9.89. The van der Waals surface area contributed by atoms with Crippen LogP contribution in [0.2, 0.25) is 0 Å². The third kappa shape index (κ3) is 5.31. The van der Waals surface area contributed by atoms with Gasteiger partial charge in [0, 0.05) is 39.3 Å². The third-order valence-electron chi connectivity index (χ3n) is 6.39. The molecule has 0 atom stereocenters. The summed E-state index contributed by atoms with van der Waals surface area (Å²) in [4.78, 5) is 21.8. The van der Waals surface area contributed by atoms with Crippen LogP contribution in [0.15, 0.2) is 12.1 Å². The van der Waals surface area contributed by atoms with Crippen molar-refractivity contribution < 1.29 is 13.6 Å². The summed E-state index contributed by atoms with van der Waals surface area (Å²) in [5.74, 6) is 0.717. The number of fused-ring (bicyclic) bond motifs is 1. The van der Waals surface area contributed by atoms with E-state index in [-0.39, 0.29) is 18.5 Å². The van der Waals surface area contributed by atoms with Crippen molar-refractivity contribution in [2.24, 2.45) is 7.05 Å². The van der Waals surface area contributed by atoms with Gasteiger partial charge in [-0.15, -0.1) is 0 Å². The first-order valence-electron chi connectivity index (χ1n) is 11.4. The fraction of sp³-hybridized carbons (Fsp3) is 0.682. The number of carbonyl (C=O) groups is 1. The normalized spacial score (nSPS) is 19.5. The summed E-state index contributed by atoms with van der Waals surface area (Å²) >= 11 is 0. The average Bonchev–Trinajstić information content (AvgIpc) is 3.05. The van der Waals surface area contributed by atoms with Gasteiger partial charge in [0.2, 0.25) is 0 Å². The third-order valence-corrected chi connectivity index (χ3v) is 6.39. The number of nitrogens with zero attached hydrogens (tertiary/aromatic N) is 5. The van der Waals surface area contributed by atoms with Crippen LogP contribution in [0.4, 0.5) is 14.6 Å². The number of piperidine rings is 1. The molecule has 7 nitrogen and oxygen atoms in total. The van der Waals surface area contributed by atoms with Gasteiger partial charge in [-0.2, -0.15) is 5.10 Å². The lowest BCUT2D eigenvalue weighted by atomic mass is 10.0. The number of nitrogens with one attached hydrogen (secondary N) is 1. The second-order valence-corrected chi connectivity index (χ2v) is 8.71. The summed E-state index contributed by atoms with van der Waals surface area (Å²) in [7, 11) is 1.81. The average molecular weight is 435 g/mol. The van der Waals surface area contributed by atoms with Crippen molar-refractivity contribution in [1.82, 2.24) is 25.0 Å². The molecule has 4 heterocycles. The fourth-order valence-corrected chi connectivity index (χ4v) is 4.65. The number of aromatic nitrogens is 3. The van der Waals surface area contributed by atoms with Crippen molar-refractivity contribution in [3.63, 3.8) is 0 Å². The number of hydrogen-bond acceptors (Lipinski definition) is 5. The van der Waals surface area contributed by atoms with Crippen LogP contribution < -0.4 is 10.2 Å². The van der Waals surface area contributed by atoms with Crippen molar-refractivity contribution in [2.75, 3.05) is 37.6 Å². The van der Waals surface area contributed by atoms with Gasteiger partial charge in [0.05, 0.1) is 11.9 Å². The lowest BCUT2D eigenvalue weighted by molar-refractivity contribution is 0.0695. The Kier molecular flexibility index (Phi) is 6.99. The SMILES string of the molecule is Cn1nc(C(=O)NC2CCN(CC(F)F)CC2)c2ccc(N3CCCCCCC3)nc21. The predicted molar refractivity (Wildman–Crippen MR) is 117 cm³/mol. The van der Waals surface area contributed by atoms with Crippen molar-refractivity contribution >= 4 is 22.8 Å². The molecule has 2 fully saturated rings. The van der Waals surface area contributed by atoms with Gasteiger partial charge in [-0.05, 0) is 37.8 Å². The number of alkyl halides is 2. The maximum atomic E-state index is 12.9. The molecule has 0 saturated carbocycles. The molecule has 31 heavy (non-hydrogen) atoms. The Morgan fingerprint density at radius 1 is 1.10 bits per heavy atom. The molecule has 0 aromatic carbocycles. The van der Waals surface area contributed by atoms with Gasteiger partial charge in [0.1, 0.15) is 5.82 Å². The Hall–Kier alpha value is -2.29. The molecule has 2 aliphatic heterocycles. The first-order chi connectivity index (χ1) is 15.0. The first-order valence-corrected chi connectivity index (χ1v) is 11.4. The molecule has 0 aliphatic carbocycles. The maximum absolute atomic E-state index is 12.9. The van der Waals surface area contributed by atoms with Crippen molar-refractivity contribution in [1.29, 1.82) is 0 Å². The van der Waals surface area contributed by atoms with Gasteiger partial charge in [-0.3, -0.25) is 9.69 Å². The van der Waals surface area contributed by atoms with Crippen LogP contribution in [0.3, 0.4) is 0 Å². The van der Waals surface area contributed by atoms with E-state index in [1.54, 1.807) is 9.58 Å². The highest BCUT2D eigenvalue weighted by molar-refractivity contribution is 6.04. The molecule has 0 radical (unpaired) electrons. The second-order valence-electron chi connectivity index (χ2n) is 8.71. The lowest BCUT2D eigenvalue weighted by Gasteiger charge is -2.31. The number of pyridine rings is 1. The Morgan fingerprint density at radius 3 is 2.45 bits per heavy atom. The van der Waals surface area contributed by atoms with Crippen LogP contribution >= 0.6 is 0 Å². The van der Waals surface area contributed by atoms with E-state index in [1.165, 1.54) is 32.1 Å². The number of likely N-dealkylation sites (tertiary alicyclic amines) is 1. The van der Waals surface area contributed by atoms with Gasteiger partial charge in [0.15, 0.2) is 11.3 Å². The highest BCUT2D eigenvalue weighted by Gasteiger charge is 2.25. The van der Waals surface area contributed by atoms with Gasteiger partial charge in [-0.1, -0.05) is 19.3 Å². The summed E-state index contributed by atoms with van der Waals surface area (Å²) in [5, 5.41) is 8.23. The Balaban J connectivity index is 1.44. The zero-order valence-electron chi connectivity index (χ0n) is 18.2. The minimum absolute atomic E-state index is 0.0215. The molecular formula is C22H32F2N6O. The molecule has 4 rings (SSSR count). The first kappa shape index (κ1) is 21.9. The van der Waals surface area contributed by atoms with E-state index >= 15 is 0 Å². The summed E-state index contributed by atoms with van der Waals surface area (Å²) in [6.07, 6.45) is 5.20. The molecule has 2 aromatic heterocycles. The van der Waals surface area contributed by atoms with E-state index in [1.807, 2.05) is 19.2 Å². The molecule has 2 aliphatic rings. The van der Waals surface area contributed by atoms with Crippen molar-refractivity contribution in [3.05, 3.63) is 17.8 Å². The molecule has 170 valence electrons. The molecule has 1 amide bonds. The van der Waals surface area contributed by atoms with E-state index in [4.69, 9.17) is 4.98 Å². The number of anilines is 1. The smallest absolute Gasteiger partial charge is 0.272 e. The van der Waals surface area contributed by atoms with Crippen molar-refractivity contribution in [2.45, 2.75) is 57.4 Å². The summed E-state index contributed by atoms with van der Waals surface area (Å²) in [6, 6.07) is 3.92. The zero-order chi connectivity index (χ0) is 21.8. The van der Waals surface area contributed by atoms with Crippen molar-refractivity contribution in [3.8, 4) is 0 Å². The van der Waals surface area contributed by atoms with Crippen LogP contribution in [0.25, 0.3) is 11.0 Å². The number of hydrogen-bond donors (Lipinski definition) is 1. The van der Waals surface area contributed by atoms with Crippen LogP contribution in [0.1, 0.15) is 55.4 Å². The van der Waals surface area contributed by atoms with Crippen LogP contribution in [-0.2, 0) is 7.05 Å². The highest BCUT2D eigenvalue weighted by Crippen LogP contribution is 2.23. The van der Waals surface area contributed by atoms with E-state index in [0.717, 1.165) is 24.3 Å². The van der Waals surface area contributed by atoms with Gasteiger partial charge in [-0.25, -0.2) is 18.4 Å². The molecule has 9 heteroatoms. The number of rotatable bonds is 5.